The number of nitrogens with zero attached hydrogens (tertiary/aromatic N) is 2. The van der Waals surface area contributed by atoms with Crippen molar-refractivity contribution >= 4 is 22.2 Å². The van der Waals surface area contributed by atoms with Crippen LogP contribution in [0, 0.1) is 6.92 Å². The van der Waals surface area contributed by atoms with Crippen molar-refractivity contribution in [1.29, 1.82) is 0 Å². The Morgan fingerprint density at radius 2 is 2.21 bits per heavy atom. The molecule has 0 bridgehead atoms. The number of hydrogen-bond donors (Lipinski definition) is 1. The van der Waals surface area contributed by atoms with Gasteiger partial charge < -0.3 is 9.88 Å². The fraction of sp³-hybridized carbons (Fsp3) is 0.267. The van der Waals surface area contributed by atoms with Crippen LogP contribution >= 0.6 is 11.3 Å². The van der Waals surface area contributed by atoms with Crippen molar-refractivity contribution in [3.05, 3.63) is 52.1 Å². The first-order valence-corrected chi connectivity index (χ1v) is 7.27. The number of benzene rings is 1. The molecule has 0 saturated heterocycles. The monoisotopic (exact) mass is 271 g/mol. The lowest BCUT2D eigenvalue weighted by atomic mass is 10.1. The van der Waals surface area contributed by atoms with Crippen LogP contribution in [0.2, 0.25) is 0 Å². The third-order valence-electron chi connectivity index (χ3n) is 3.22. The van der Waals surface area contributed by atoms with Crippen LogP contribution in [-0.2, 0) is 13.1 Å². The van der Waals surface area contributed by atoms with Gasteiger partial charge in [0.05, 0.1) is 17.2 Å². The van der Waals surface area contributed by atoms with Gasteiger partial charge in [-0.3, -0.25) is 0 Å². The summed E-state index contributed by atoms with van der Waals surface area (Å²) in [6, 6.07) is 8.78. The predicted octanol–water partition coefficient (Wildman–Crippen LogP) is 3.17. The van der Waals surface area contributed by atoms with E-state index in [1.807, 2.05) is 14.0 Å². The molecule has 0 aliphatic carbocycles. The number of thiazole rings is 1. The second-order valence-electron chi connectivity index (χ2n) is 4.72. The summed E-state index contributed by atoms with van der Waals surface area (Å²) in [5.41, 5.74) is 3.72. The zero-order chi connectivity index (χ0) is 13.2. The molecule has 19 heavy (non-hydrogen) atoms. The Labute approximate surface area is 116 Å². The molecule has 1 aromatic carbocycles. The maximum atomic E-state index is 4.54. The standard InChI is InChI=1S/C15H17N3S/c1-11-17-14(10-19-11)9-18-6-5-13-4-3-12(8-16-2)7-15(13)18/h3-7,10,16H,8-9H2,1-2H3. The van der Waals surface area contributed by atoms with Gasteiger partial charge in [0.15, 0.2) is 0 Å². The summed E-state index contributed by atoms with van der Waals surface area (Å²) in [6.45, 7) is 3.79. The topological polar surface area (TPSA) is 29.9 Å². The van der Waals surface area contributed by atoms with Gasteiger partial charge in [-0.2, -0.15) is 0 Å². The summed E-state index contributed by atoms with van der Waals surface area (Å²) in [4.78, 5) is 4.54. The van der Waals surface area contributed by atoms with Crippen LogP contribution in [0.5, 0.6) is 0 Å². The van der Waals surface area contributed by atoms with Crippen molar-refractivity contribution in [2.24, 2.45) is 0 Å². The molecular weight excluding hydrogens is 254 g/mol. The minimum Gasteiger partial charge on any atom is -0.341 e. The number of nitrogens with one attached hydrogen (secondary N) is 1. The van der Waals surface area contributed by atoms with Gasteiger partial charge in [-0.1, -0.05) is 12.1 Å². The van der Waals surface area contributed by atoms with E-state index in [9.17, 15) is 0 Å². The maximum Gasteiger partial charge on any atom is 0.0898 e. The largest absolute Gasteiger partial charge is 0.341 e. The number of rotatable bonds is 4. The van der Waals surface area contributed by atoms with Crippen LogP contribution in [0.4, 0.5) is 0 Å². The second kappa shape index (κ2) is 5.15. The predicted molar refractivity (Wildman–Crippen MR) is 80.7 cm³/mol. The molecular formula is C15H17N3S. The SMILES string of the molecule is CNCc1ccc2ccn(Cc3csc(C)n3)c2c1. The molecule has 0 fully saturated rings. The van der Waals surface area contributed by atoms with Gasteiger partial charge in [0.1, 0.15) is 0 Å². The van der Waals surface area contributed by atoms with E-state index < -0.39 is 0 Å². The number of aromatic nitrogens is 2. The van der Waals surface area contributed by atoms with E-state index >= 15 is 0 Å². The summed E-state index contributed by atoms with van der Waals surface area (Å²) in [5.74, 6) is 0. The van der Waals surface area contributed by atoms with Crippen LogP contribution in [0.15, 0.2) is 35.8 Å². The van der Waals surface area contributed by atoms with Gasteiger partial charge in [-0.25, -0.2) is 4.98 Å². The zero-order valence-electron chi connectivity index (χ0n) is 11.2. The minimum atomic E-state index is 0.844. The highest BCUT2D eigenvalue weighted by molar-refractivity contribution is 7.09. The molecule has 3 nitrogen and oxygen atoms in total. The number of hydrogen-bond acceptors (Lipinski definition) is 3. The maximum absolute atomic E-state index is 4.54. The molecule has 0 radical (unpaired) electrons. The van der Waals surface area contributed by atoms with Crippen molar-refractivity contribution in [3.63, 3.8) is 0 Å². The lowest BCUT2D eigenvalue weighted by molar-refractivity contribution is 0.802. The molecule has 98 valence electrons. The Morgan fingerprint density at radius 1 is 1.32 bits per heavy atom. The van der Waals surface area contributed by atoms with E-state index in [4.69, 9.17) is 0 Å². The van der Waals surface area contributed by atoms with Crippen LogP contribution in [0.1, 0.15) is 16.3 Å². The highest BCUT2D eigenvalue weighted by Crippen LogP contribution is 2.19. The summed E-state index contributed by atoms with van der Waals surface area (Å²) in [5, 5.41) is 7.74. The van der Waals surface area contributed by atoms with Crippen molar-refractivity contribution in [3.8, 4) is 0 Å². The number of fused-ring (bicyclic) bond motifs is 1. The lowest BCUT2D eigenvalue weighted by Crippen LogP contribution is -2.05. The molecule has 0 aliphatic rings. The quantitative estimate of drug-likeness (QED) is 0.790. The van der Waals surface area contributed by atoms with Gasteiger partial charge in [0.2, 0.25) is 0 Å². The zero-order valence-corrected chi connectivity index (χ0v) is 12.0. The molecule has 0 amide bonds. The normalized spacial score (nSPS) is 11.3. The Hall–Kier alpha value is -1.65. The summed E-state index contributed by atoms with van der Waals surface area (Å²) in [7, 11) is 1.97. The molecule has 0 unspecified atom stereocenters. The van der Waals surface area contributed by atoms with Gasteiger partial charge in [0, 0.05) is 23.6 Å². The molecule has 2 heterocycles. The van der Waals surface area contributed by atoms with Crippen molar-refractivity contribution in [2.75, 3.05) is 7.05 Å². The first-order chi connectivity index (χ1) is 9.26. The molecule has 1 N–H and O–H groups in total. The Bertz CT molecular complexity index is 696. The van der Waals surface area contributed by atoms with Gasteiger partial charge in [-0.15, -0.1) is 11.3 Å². The van der Waals surface area contributed by atoms with E-state index in [1.165, 1.54) is 16.5 Å². The smallest absolute Gasteiger partial charge is 0.0898 e. The van der Waals surface area contributed by atoms with E-state index in [1.54, 1.807) is 11.3 Å². The minimum absolute atomic E-state index is 0.844. The molecule has 0 aliphatic heterocycles. The highest BCUT2D eigenvalue weighted by atomic mass is 32.1. The van der Waals surface area contributed by atoms with E-state index in [-0.39, 0.29) is 0 Å². The van der Waals surface area contributed by atoms with Gasteiger partial charge in [0.25, 0.3) is 0 Å². The summed E-state index contributed by atoms with van der Waals surface area (Å²) in [6.07, 6.45) is 2.14. The molecule has 4 heteroatoms. The van der Waals surface area contributed by atoms with Crippen molar-refractivity contribution < 1.29 is 0 Å². The highest BCUT2D eigenvalue weighted by Gasteiger charge is 2.05. The van der Waals surface area contributed by atoms with E-state index in [2.05, 4.69) is 50.7 Å². The summed E-state index contributed by atoms with van der Waals surface area (Å²) < 4.78 is 2.27. The molecule has 0 saturated carbocycles. The Kier molecular flexibility index (Phi) is 3.36. The third kappa shape index (κ3) is 2.55. The van der Waals surface area contributed by atoms with Crippen LogP contribution in [0.3, 0.4) is 0 Å². The number of aryl methyl sites for hydroxylation is 1. The fourth-order valence-corrected chi connectivity index (χ4v) is 2.94. The van der Waals surface area contributed by atoms with Gasteiger partial charge in [-0.05, 0) is 37.1 Å². The molecule has 3 rings (SSSR count). The summed E-state index contributed by atoms with van der Waals surface area (Å²) >= 11 is 1.71. The van der Waals surface area contributed by atoms with Crippen LogP contribution < -0.4 is 5.32 Å². The van der Waals surface area contributed by atoms with Gasteiger partial charge >= 0.3 is 0 Å². The van der Waals surface area contributed by atoms with Crippen LogP contribution in [-0.4, -0.2) is 16.6 Å². The average molecular weight is 271 g/mol. The first-order valence-electron chi connectivity index (χ1n) is 6.39. The fourth-order valence-electron chi connectivity index (χ4n) is 2.34. The first kappa shape index (κ1) is 12.4. The molecule has 0 atom stereocenters. The second-order valence-corrected chi connectivity index (χ2v) is 5.79. The molecule has 3 aromatic rings. The lowest BCUT2D eigenvalue weighted by Gasteiger charge is -2.05. The molecule has 0 spiro atoms. The van der Waals surface area contributed by atoms with Crippen molar-refractivity contribution in [2.45, 2.75) is 20.0 Å². The Balaban J connectivity index is 1.96. The molecule has 2 aromatic heterocycles. The van der Waals surface area contributed by atoms with E-state index in [0.717, 1.165) is 23.8 Å². The van der Waals surface area contributed by atoms with Crippen molar-refractivity contribution in [1.82, 2.24) is 14.9 Å². The van der Waals surface area contributed by atoms with Crippen LogP contribution in [0.25, 0.3) is 10.9 Å². The third-order valence-corrected chi connectivity index (χ3v) is 4.04. The Morgan fingerprint density at radius 3 is 2.95 bits per heavy atom. The average Bonchev–Trinajstić information content (AvgIpc) is 2.98. The van der Waals surface area contributed by atoms with E-state index in [0.29, 0.717) is 0 Å².